The van der Waals surface area contributed by atoms with Gasteiger partial charge in [-0.3, -0.25) is 9.52 Å². The molecule has 1 heterocycles. The van der Waals surface area contributed by atoms with Gasteiger partial charge in [0.05, 0.1) is 4.90 Å². The van der Waals surface area contributed by atoms with E-state index in [2.05, 4.69) is 20.0 Å². The lowest BCUT2D eigenvalue weighted by Crippen LogP contribution is -2.15. The highest BCUT2D eigenvalue weighted by molar-refractivity contribution is 7.92. The number of benzene rings is 1. The summed E-state index contributed by atoms with van der Waals surface area (Å²) < 4.78 is 27.3. The van der Waals surface area contributed by atoms with Crippen molar-refractivity contribution in [3.05, 3.63) is 66.2 Å². The third-order valence-electron chi connectivity index (χ3n) is 3.19. The van der Waals surface area contributed by atoms with E-state index in [1.54, 1.807) is 38.1 Å². The van der Waals surface area contributed by atoms with Crippen LogP contribution in [0.3, 0.4) is 0 Å². The number of anilines is 2. The fourth-order valence-electron chi connectivity index (χ4n) is 2.12. The molecule has 0 saturated heterocycles. The van der Waals surface area contributed by atoms with E-state index >= 15 is 0 Å². The summed E-state index contributed by atoms with van der Waals surface area (Å²) in [5.41, 5.74) is 1.16. The van der Waals surface area contributed by atoms with Gasteiger partial charge in [0, 0.05) is 23.5 Å². The maximum Gasteiger partial charge on any atom is 0.263 e. The highest BCUT2D eigenvalue weighted by atomic mass is 32.2. The SMILES string of the molecule is CC=CC=CC(=O)Nc1ccc(S(=O)(=O)Nc2cc(C)nc(C)n2)cc1. The fourth-order valence-corrected chi connectivity index (χ4v) is 3.11. The van der Waals surface area contributed by atoms with Crippen LogP contribution in [0.15, 0.2) is 59.5 Å². The number of rotatable bonds is 6. The molecule has 26 heavy (non-hydrogen) atoms. The molecule has 1 aromatic heterocycles. The van der Waals surface area contributed by atoms with E-state index in [-0.39, 0.29) is 16.6 Å². The van der Waals surface area contributed by atoms with Crippen molar-refractivity contribution in [2.75, 3.05) is 10.0 Å². The van der Waals surface area contributed by atoms with Crippen molar-refractivity contribution >= 4 is 27.4 Å². The summed E-state index contributed by atoms with van der Waals surface area (Å²) >= 11 is 0. The predicted octanol–water partition coefficient (Wildman–Crippen LogP) is 2.97. The number of carbonyl (C=O) groups excluding carboxylic acids is 1. The number of aryl methyl sites for hydroxylation is 2. The lowest BCUT2D eigenvalue weighted by molar-refractivity contribution is -0.111. The second-order valence-electron chi connectivity index (χ2n) is 5.45. The molecule has 0 fully saturated rings. The van der Waals surface area contributed by atoms with E-state index in [1.165, 1.54) is 30.3 Å². The van der Waals surface area contributed by atoms with E-state index in [1.807, 2.05) is 6.92 Å². The molecule has 1 aromatic carbocycles. The van der Waals surface area contributed by atoms with E-state index in [9.17, 15) is 13.2 Å². The molecular weight excluding hydrogens is 352 g/mol. The van der Waals surface area contributed by atoms with E-state index in [0.717, 1.165) is 0 Å². The molecule has 0 bridgehead atoms. The number of carbonyl (C=O) groups is 1. The monoisotopic (exact) mass is 372 g/mol. The Hall–Kier alpha value is -3.00. The Morgan fingerprint density at radius 2 is 1.77 bits per heavy atom. The molecule has 0 unspecified atom stereocenters. The maximum atomic E-state index is 12.5. The highest BCUT2D eigenvalue weighted by Crippen LogP contribution is 2.17. The first-order valence-corrected chi connectivity index (χ1v) is 9.34. The number of sulfonamides is 1. The third-order valence-corrected chi connectivity index (χ3v) is 4.56. The Morgan fingerprint density at radius 3 is 2.38 bits per heavy atom. The number of amides is 1. The van der Waals surface area contributed by atoms with Crippen LogP contribution < -0.4 is 10.0 Å². The molecule has 2 N–H and O–H groups in total. The van der Waals surface area contributed by atoms with Gasteiger partial charge in [-0.2, -0.15) is 0 Å². The number of hydrogen-bond acceptors (Lipinski definition) is 5. The van der Waals surface area contributed by atoms with Crippen LogP contribution in [0, 0.1) is 13.8 Å². The summed E-state index contributed by atoms with van der Waals surface area (Å²) in [6, 6.07) is 7.41. The topological polar surface area (TPSA) is 101 Å². The Labute approximate surface area is 152 Å². The van der Waals surface area contributed by atoms with Crippen molar-refractivity contribution in [2.24, 2.45) is 0 Å². The van der Waals surface area contributed by atoms with E-state index < -0.39 is 10.0 Å². The number of allylic oxidation sites excluding steroid dienone is 3. The van der Waals surface area contributed by atoms with Crippen LogP contribution in [0.25, 0.3) is 0 Å². The van der Waals surface area contributed by atoms with Gasteiger partial charge in [-0.1, -0.05) is 18.2 Å². The molecule has 0 radical (unpaired) electrons. The van der Waals surface area contributed by atoms with Crippen LogP contribution in [0.5, 0.6) is 0 Å². The summed E-state index contributed by atoms with van der Waals surface area (Å²) in [7, 11) is -3.79. The smallest absolute Gasteiger partial charge is 0.263 e. The Bertz CT molecular complexity index is 929. The van der Waals surface area contributed by atoms with Gasteiger partial charge in [0.1, 0.15) is 11.6 Å². The van der Waals surface area contributed by atoms with Crippen molar-refractivity contribution in [2.45, 2.75) is 25.7 Å². The number of hydrogen-bond donors (Lipinski definition) is 2. The van der Waals surface area contributed by atoms with Gasteiger partial charge in [-0.25, -0.2) is 18.4 Å². The van der Waals surface area contributed by atoms with Crippen LogP contribution in [0.4, 0.5) is 11.5 Å². The van der Waals surface area contributed by atoms with Gasteiger partial charge in [-0.05, 0) is 45.0 Å². The van der Waals surface area contributed by atoms with Crippen LogP contribution in [0.2, 0.25) is 0 Å². The van der Waals surface area contributed by atoms with Crippen LogP contribution in [0.1, 0.15) is 18.4 Å². The summed E-state index contributed by atoms with van der Waals surface area (Å²) in [5.74, 6) is 0.386. The second-order valence-corrected chi connectivity index (χ2v) is 7.13. The summed E-state index contributed by atoms with van der Waals surface area (Å²) in [5, 5.41) is 2.65. The molecule has 2 rings (SSSR count). The Kier molecular flexibility index (Phi) is 6.24. The van der Waals surface area contributed by atoms with E-state index in [0.29, 0.717) is 17.2 Å². The zero-order valence-corrected chi connectivity index (χ0v) is 15.5. The first-order chi connectivity index (χ1) is 12.3. The molecule has 0 atom stereocenters. The first-order valence-electron chi connectivity index (χ1n) is 7.85. The molecule has 0 aliphatic carbocycles. The fraction of sp³-hybridized carbons (Fsp3) is 0.167. The molecule has 0 aliphatic rings. The van der Waals surface area contributed by atoms with Gasteiger partial charge in [0.15, 0.2) is 0 Å². The lowest BCUT2D eigenvalue weighted by atomic mass is 10.3. The summed E-state index contributed by atoms with van der Waals surface area (Å²) in [6.07, 6.45) is 6.53. The van der Waals surface area contributed by atoms with Crippen LogP contribution >= 0.6 is 0 Å². The molecule has 8 heteroatoms. The van der Waals surface area contributed by atoms with Crippen LogP contribution in [-0.4, -0.2) is 24.3 Å². The minimum Gasteiger partial charge on any atom is -0.323 e. The summed E-state index contributed by atoms with van der Waals surface area (Å²) in [6.45, 7) is 5.29. The largest absolute Gasteiger partial charge is 0.323 e. The number of nitrogens with zero attached hydrogens (tertiary/aromatic N) is 2. The zero-order chi connectivity index (χ0) is 19.2. The predicted molar refractivity (Wildman–Crippen MR) is 101 cm³/mol. The van der Waals surface area contributed by atoms with Gasteiger partial charge < -0.3 is 5.32 Å². The molecule has 0 saturated carbocycles. The minimum absolute atomic E-state index is 0.0638. The quantitative estimate of drug-likeness (QED) is 0.600. The molecule has 0 spiro atoms. The van der Waals surface area contributed by atoms with Crippen molar-refractivity contribution in [3.63, 3.8) is 0 Å². The van der Waals surface area contributed by atoms with Crippen molar-refractivity contribution < 1.29 is 13.2 Å². The molecule has 0 aliphatic heterocycles. The van der Waals surface area contributed by atoms with Gasteiger partial charge in [0.2, 0.25) is 5.91 Å². The maximum absolute atomic E-state index is 12.5. The van der Waals surface area contributed by atoms with Gasteiger partial charge in [0.25, 0.3) is 10.0 Å². The first kappa shape index (κ1) is 19.3. The lowest BCUT2D eigenvalue weighted by Gasteiger charge is -2.09. The Morgan fingerprint density at radius 1 is 1.08 bits per heavy atom. The van der Waals surface area contributed by atoms with E-state index in [4.69, 9.17) is 0 Å². The van der Waals surface area contributed by atoms with Crippen molar-refractivity contribution in [1.82, 2.24) is 9.97 Å². The molecule has 2 aromatic rings. The molecular formula is C18H20N4O3S. The summed E-state index contributed by atoms with van der Waals surface area (Å²) in [4.78, 5) is 19.9. The normalized spacial score (nSPS) is 11.8. The zero-order valence-electron chi connectivity index (χ0n) is 14.7. The van der Waals surface area contributed by atoms with Crippen LogP contribution in [-0.2, 0) is 14.8 Å². The van der Waals surface area contributed by atoms with Gasteiger partial charge >= 0.3 is 0 Å². The molecule has 7 nitrogen and oxygen atoms in total. The minimum atomic E-state index is -3.79. The van der Waals surface area contributed by atoms with Crippen molar-refractivity contribution in [3.8, 4) is 0 Å². The highest BCUT2D eigenvalue weighted by Gasteiger charge is 2.15. The van der Waals surface area contributed by atoms with Crippen molar-refractivity contribution in [1.29, 1.82) is 0 Å². The number of aromatic nitrogens is 2. The average Bonchev–Trinajstić information content (AvgIpc) is 2.54. The second kappa shape index (κ2) is 8.39. The standard InChI is InChI=1S/C18H20N4O3S/c1-4-5-6-7-18(23)21-15-8-10-16(11-9-15)26(24,25)22-17-12-13(2)19-14(3)20-17/h4-12H,1-3H3,(H,21,23)(H,19,20,22). The molecule has 1 amide bonds. The third kappa shape index (κ3) is 5.52. The number of nitrogens with one attached hydrogen (secondary N) is 2. The Balaban J connectivity index is 2.12. The van der Waals surface area contributed by atoms with Gasteiger partial charge in [-0.15, -0.1) is 0 Å². The average molecular weight is 372 g/mol. The molecule has 136 valence electrons.